The Morgan fingerprint density at radius 3 is 2.36 bits per heavy atom. The van der Waals surface area contributed by atoms with Crippen molar-refractivity contribution in [2.75, 3.05) is 31.5 Å². The van der Waals surface area contributed by atoms with Gasteiger partial charge in [0.1, 0.15) is 0 Å². The van der Waals surface area contributed by atoms with Crippen LogP contribution in [-0.4, -0.2) is 59.8 Å². The van der Waals surface area contributed by atoms with E-state index in [1.165, 1.54) is 9.87 Å². The van der Waals surface area contributed by atoms with Crippen LogP contribution >= 0.6 is 0 Å². The molecule has 0 radical (unpaired) electrons. The number of rotatable bonds is 9. The first-order valence-corrected chi connectivity index (χ1v) is 15.0. The zero-order chi connectivity index (χ0) is 28.2. The van der Waals surface area contributed by atoms with Gasteiger partial charge in [0.2, 0.25) is 27.6 Å². The van der Waals surface area contributed by atoms with Crippen LogP contribution in [0.4, 0.5) is 5.69 Å². The molecule has 210 valence electrons. The summed E-state index contributed by atoms with van der Waals surface area (Å²) in [4.78, 5) is 20.0. The second-order valence-electron chi connectivity index (χ2n) is 11.0. The fraction of sp³-hybridized carbons (Fsp3) is 0.483. The molecular weight excluding hydrogens is 514 g/mol. The summed E-state index contributed by atoms with van der Waals surface area (Å²) >= 11 is 0. The molecule has 1 unspecified atom stereocenters. The minimum absolute atomic E-state index is 0.0768. The highest BCUT2D eigenvalue weighted by molar-refractivity contribution is 7.89. The molecule has 4 rings (SSSR count). The number of hydrogen-bond donors (Lipinski definition) is 1. The van der Waals surface area contributed by atoms with Crippen molar-refractivity contribution in [1.29, 1.82) is 0 Å². The molecule has 9 nitrogen and oxygen atoms in total. The third kappa shape index (κ3) is 6.93. The molecule has 0 spiro atoms. The third-order valence-corrected chi connectivity index (χ3v) is 9.24. The van der Waals surface area contributed by atoms with Crippen LogP contribution < -0.4 is 5.32 Å². The number of carbonyl (C=O) groups excluding carboxylic acids is 1. The molecule has 2 aromatic carbocycles. The van der Waals surface area contributed by atoms with Gasteiger partial charge in [-0.2, -0.15) is 9.29 Å². The molecular formula is C29H39N5O4S. The second-order valence-corrected chi connectivity index (χ2v) is 13.0. The highest BCUT2D eigenvalue weighted by Gasteiger charge is 2.27. The number of hydrogen-bond acceptors (Lipinski definition) is 7. The van der Waals surface area contributed by atoms with Crippen molar-refractivity contribution < 1.29 is 17.7 Å². The quantitative estimate of drug-likeness (QED) is 0.401. The van der Waals surface area contributed by atoms with E-state index in [2.05, 4.69) is 53.3 Å². The number of nitrogens with zero attached hydrogens (tertiary/aromatic N) is 4. The molecule has 1 aromatic heterocycles. The monoisotopic (exact) mass is 553 g/mol. The van der Waals surface area contributed by atoms with Gasteiger partial charge >= 0.3 is 0 Å². The molecule has 2 heterocycles. The maximum Gasteiger partial charge on any atom is 0.243 e. The van der Waals surface area contributed by atoms with E-state index in [4.69, 9.17) is 4.52 Å². The SMILES string of the molecule is CCN(CC)S(=O)(=O)c1ccc(NC(=O)C2CCCN(Cc3nc(-c4ccc(C(C)(C)C)cc4)no3)C2)cc1. The number of piperidine rings is 1. The van der Waals surface area contributed by atoms with Gasteiger partial charge in [0.25, 0.3) is 0 Å². The molecule has 0 aliphatic carbocycles. The van der Waals surface area contributed by atoms with Crippen LogP contribution in [0.3, 0.4) is 0 Å². The van der Waals surface area contributed by atoms with Gasteiger partial charge in [0, 0.05) is 30.9 Å². The minimum Gasteiger partial charge on any atom is -0.338 e. The van der Waals surface area contributed by atoms with Gasteiger partial charge in [-0.15, -0.1) is 0 Å². The molecule has 1 saturated heterocycles. The molecule has 1 aliphatic rings. The number of nitrogens with one attached hydrogen (secondary N) is 1. The summed E-state index contributed by atoms with van der Waals surface area (Å²) in [6, 6.07) is 14.6. The maximum atomic E-state index is 13.0. The van der Waals surface area contributed by atoms with Crippen LogP contribution in [0, 0.1) is 5.92 Å². The van der Waals surface area contributed by atoms with Crippen molar-refractivity contribution in [3.8, 4) is 11.4 Å². The van der Waals surface area contributed by atoms with Crippen LogP contribution in [0.5, 0.6) is 0 Å². The molecule has 39 heavy (non-hydrogen) atoms. The van der Waals surface area contributed by atoms with E-state index in [1.807, 2.05) is 26.0 Å². The summed E-state index contributed by atoms with van der Waals surface area (Å²) in [5.41, 5.74) is 2.81. The van der Waals surface area contributed by atoms with Crippen molar-refractivity contribution in [2.24, 2.45) is 5.92 Å². The summed E-state index contributed by atoms with van der Waals surface area (Å²) in [7, 11) is -3.53. The zero-order valence-electron chi connectivity index (χ0n) is 23.5. The normalized spacial score (nSPS) is 16.9. The van der Waals surface area contributed by atoms with Crippen LogP contribution in [0.1, 0.15) is 58.9 Å². The van der Waals surface area contributed by atoms with Crippen LogP contribution in [-0.2, 0) is 26.8 Å². The Balaban J connectivity index is 1.34. The average molecular weight is 554 g/mol. The summed E-state index contributed by atoms with van der Waals surface area (Å²) < 4.78 is 32.4. The third-order valence-electron chi connectivity index (χ3n) is 7.18. The molecule has 1 atom stereocenters. The number of carbonyl (C=O) groups is 1. The summed E-state index contributed by atoms with van der Waals surface area (Å²) in [5, 5.41) is 7.11. The Morgan fingerprint density at radius 1 is 1.08 bits per heavy atom. The molecule has 1 amide bonds. The molecule has 0 saturated carbocycles. The lowest BCUT2D eigenvalue weighted by Gasteiger charge is -2.30. The lowest BCUT2D eigenvalue weighted by molar-refractivity contribution is -0.121. The summed E-state index contributed by atoms with van der Waals surface area (Å²) in [5.74, 6) is 0.813. The van der Waals surface area contributed by atoms with Crippen LogP contribution in [0.25, 0.3) is 11.4 Å². The smallest absolute Gasteiger partial charge is 0.243 e. The molecule has 1 fully saturated rings. The first-order chi connectivity index (χ1) is 18.5. The van der Waals surface area contributed by atoms with Gasteiger partial charge in [-0.05, 0) is 54.6 Å². The molecule has 0 bridgehead atoms. The Labute approximate surface area is 231 Å². The standard InChI is InChI=1S/C29H39N5O4S/c1-6-34(7-2)39(36,37)25-16-14-24(15-17-25)30-28(35)22-9-8-18-33(19-22)20-26-31-27(32-38-26)21-10-12-23(13-11-21)29(3,4)5/h10-17,22H,6-9,18-20H2,1-5H3,(H,30,35). The Kier molecular flexibility index (Phi) is 8.88. The molecule has 1 N–H and O–H groups in total. The van der Waals surface area contributed by atoms with Crippen molar-refractivity contribution in [3.05, 3.63) is 60.0 Å². The predicted octanol–water partition coefficient (Wildman–Crippen LogP) is 4.92. The second kappa shape index (κ2) is 12.0. The average Bonchev–Trinajstić information content (AvgIpc) is 3.37. The van der Waals surface area contributed by atoms with E-state index in [1.54, 1.807) is 24.3 Å². The first-order valence-electron chi connectivity index (χ1n) is 13.6. The minimum atomic E-state index is -3.53. The fourth-order valence-corrected chi connectivity index (χ4v) is 6.29. The predicted molar refractivity (Wildman–Crippen MR) is 152 cm³/mol. The first kappa shape index (κ1) is 28.9. The van der Waals surface area contributed by atoms with Crippen molar-refractivity contribution in [1.82, 2.24) is 19.3 Å². The van der Waals surface area contributed by atoms with Crippen molar-refractivity contribution >= 4 is 21.6 Å². The van der Waals surface area contributed by atoms with E-state index in [-0.39, 0.29) is 22.1 Å². The van der Waals surface area contributed by atoms with E-state index in [9.17, 15) is 13.2 Å². The van der Waals surface area contributed by atoms with Gasteiger partial charge in [-0.1, -0.05) is 64.0 Å². The molecule has 1 aliphatic heterocycles. The Morgan fingerprint density at radius 2 is 1.74 bits per heavy atom. The van der Waals surface area contributed by atoms with Crippen LogP contribution in [0.2, 0.25) is 0 Å². The summed E-state index contributed by atoms with van der Waals surface area (Å²) in [6.07, 6.45) is 1.67. The van der Waals surface area contributed by atoms with Crippen LogP contribution in [0.15, 0.2) is 57.9 Å². The van der Waals surface area contributed by atoms with Gasteiger partial charge in [-0.3, -0.25) is 9.69 Å². The largest absolute Gasteiger partial charge is 0.338 e. The van der Waals surface area contributed by atoms with Gasteiger partial charge in [-0.25, -0.2) is 8.42 Å². The Hall–Kier alpha value is -3.08. The molecule has 3 aromatic rings. The number of anilines is 1. The van der Waals surface area contributed by atoms with Crippen molar-refractivity contribution in [3.63, 3.8) is 0 Å². The Bertz CT molecular complexity index is 1360. The highest BCUT2D eigenvalue weighted by Crippen LogP contribution is 2.26. The number of amides is 1. The summed E-state index contributed by atoms with van der Waals surface area (Å²) in [6.45, 7) is 12.9. The molecule has 10 heteroatoms. The van der Waals surface area contributed by atoms with E-state index in [0.29, 0.717) is 43.6 Å². The maximum absolute atomic E-state index is 13.0. The van der Waals surface area contributed by atoms with E-state index in [0.717, 1.165) is 24.9 Å². The van der Waals surface area contributed by atoms with Crippen molar-refractivity contribution in [2.45, 2.75) is 64.3 Å². The van der Waals surface area contributed by atoms with Gasteiger partial charge in [0.15, 0.2) is 0 Å². The number of likely N-dealkylation sites (tertiary alicyclic amines) is 1. The highest BCUT2D eigenvalue weighted by atomic mass is 32.2. The number of aromatic nitrogens is 2. The zero-order valence-corrected chi connectivity index (χ0v) is 24.3. The van der Waals surface area contributed by atoms with E-state index >= 15 is 0 Å². The lowest BCUT2D eigenvalue weighted by Crippen LogP contribution is -2.40. The van der Waals surface area contributed by atoms with E-state index < -0.39 is 10.0 Å². The number of benzene rings is 2. The fourth-order valence-electron chi connectivity index (χ4n) is 4.83. The topological polar surface area (TPSA) is 109 Å². The van der Waals surface area contributed by atoms with Gasteiger partial charge in [0.05, 0.1) is 17.4 Å². The number of sulfonamides is 1. The van der Waals surface area contributed by atoms with Gasteiger partial charge < -0.3 is 9.84 Å². The lowest BCUT2D eigenvalue weighted by atomic mass is 9.87.